The summed E-state index contributed by atoms with van der Waals surface area (Å²) in [6.45, 7) is 3.64. The van der Waals surface area contributed by atoms with Gasteiger partial charge in [-0.15, -0.1) is 12.6 Å². The maximum Gasteiger partial charge on any atom is 0.408 e. The summed E-state index contributed by atoms with van der Waals surface area (Å²) in [5.74, 6) is -0.236. The zero-order valence-electron chi connectivity index (χ0n) is 16.7. The van der Waals surface area contributed by atoms with Crippen LogP contribution in [-0.4, -0.2) is 17.0 Å². The maximum absolute atomic E-state index is 12.4. The first-order chi connectivity index (χ1) is 14.4. The van der Waals surface area contributed by atoms with Crippen molar-refractivity contribution in [2.45, 2.75) is 30.9 Å². The molecule has 2 atom stereocenters. The molecule has 1 aromatic heterocycles. The number of rotatable bonds is 6. The number of carbonyl (C=O) groups is 2. The van der Waals surface area contributed by atoms with Crippen LogP contribution < -0.4 is 10.6 Å². The summed E-state index contributed by atoms with van der Waals surface area (Å²) in [6.07, 6.45) is 2.38. The van der Waals surface area contributed by atoms with Crippen molar-refractivity contribution >= 4 is 30.3 Å². The highest BCUT2D eigenvalue weighted by molar-refractivity contribution is 7.80. The van der Waals surface area contributed by atoms with Crippen LogP contribution in [0.3, 0.4) is 0 Å². The van der Waals surface area contributed by atoms with Crippen LogP contribution in [0.1, 0.15) is 47.5 Å². The SMILES string of the molecule is C[C@H](NC(=O)O[C@@H](C)c1ccc(C(=O)Nc2ccccc2S)cc1)c1cccnc1. The third kappa shape index (κ3) is 5.61. The van der Waals surface area contributed by atoms with Gasteiger partial charge in [0.1, 0.15) is 6.10 Å². The van der Waals surface area contributed by atoms with Crippen molar-refractivity contribution in [1.29, 1.82) is 0 Å². The lowest BCUT2D eigenvalue weighted by molar-refractivity contribution is 0.101. The number of ether oxygens (including phenoxy) is 1. The van der Waals surface area contributed by atoms with E-state index in [2.05, 4.69) is 28.2 Å². The fourth-order valence-electron chi connectivity index (χ4n) is 2.83. The Bertz CT molecular complexity index is 1010. The number of hydrogen-bond donors (Lipinski definition) is 3. The number of aromatic nitrogens is 1. The minimum absolute atomic E-state index is 0.223. The summed E-state index contributed by atoms with van der Waals surface area (Å²) in [5, 5.41) is 5.62. The predicted octanol–water partition coefficient (Wildman–Crippen LogP) is 5.17. The van der Waals surface area contributed by atoms with Crippen LogP contribution in [0.2, 0.25) is 0 Å². The van der Waals surface area contributed by atoms with E-state index in [1.807, 2.05) is 31.2 Å². The summed E-state index contributed by atoms with van der Waals surface area (Å²) in [5.41, 5.74) is 2.81. The first-order valence-electron chi connectivity index (χ1n) is 9.50. The van der Waals surface area contributed by atoms with Gasteiger partial charge >= 0.3 is 6.09 Å². The van der Waals surface area contributed by atoms with Crippen LogP contribution in [0.5, 0.6) is 0 Å². The number of nitrogens with one attached hydrogen (secondary N) is 2. The summed E-state index contributed by atoms with van der Waals surface area (Å²) < 4.78 is 5.46. The van der Waals surface area contributed by atoms with E-state index in [9.17, 15) is 9.59 Å². The van der Waals surface area contributed by atoms with Gasteiger partial charge in [0.05, 0.1) is 11.7 Å². The van der Waals surface area contributed by atoms with Gasteiger partial charge in [-0.3, -0.25) is 9.78 Å². The molecule has 0 bridgehead atoms. The monoisotopic (exact) mass is 421 g/mol. The van der Waals surface area contributed by atoms with Crippen molar-refractivity contribution in [3.05, 3.63) is 89.7 Å². The molecule has 0 fully saturated rings. The average molecular weight is 422 g/mol. The maximum atomic E-state index is 12.4. The molecule has 30 heavy (non-hydrogen) atoms. The molecule has 3 rings (SSSR count). The largest absolute Gasteiger partial charge is 0.442 e. The third-order valence-electron chi connectivity index (χ3n) is 4.60. The van der Waals surface area contributed by atoms with E-state index in [1.165, 1.54) is 0 Å². The van der Waals surface area contributed by atoms with E-state index in [0.29, 0.717) is 16.1 Å². The minimum Gasteiger partial charge on any atom is -0.442 e. The van der Waals surface area contributed by atoms with Crippen LogP contribution in [0.4, 0.5) is 10.5 Å². The molecular weight excluding hydrogens is 398 g/mol. The molecule has 0 aliphatic heterocycles. The van der Waals surface area contributed by atoms with Crippen LogP contribution in [-0.2, 0) is 4.74 Å². The molecule has 0 aliphatic rings. The van der Waals surface area contributed by atoms with Gasteiger partial charge in [-0.2, -0.15) is 0 Å². The molecule has 3 aromatic rings. The van der Waals surface area contributed by atoms with Gasteiger partial charge in [-0.25, -0.2) is 4.79 Å². The van der Waals surface area contributed by atoms with Crippen molar-refractivity contribution < 1.29 is 14.3 Å². The average Bonchev–Trinajstić information content (AvgIpc) is 2.76. The number of pyridine rings is 1. The van der Waals surface area contributed by atoms with Crippen LogP contribution >= 0.6 is 12.6 Å². The number of para-hydroxylation sites is 1. The van der Waals surface area contributed by atoms with E-state index < -0.39 is 12.2 Å². The molecule has 0 saturated carbocycles. The molecule has 0 aliphatic carbocycles. The zero-order chi connectivity index (χ0) is 21.5. The van der Waals surface area contributed by atoms with Gasteiger partial charge < -0.3 is 15.4 Å². The molecule has 6 nitrogen and oxygen atoms in total. The topological polar surface area (TPSA) is 80.3 Å². The van der Waals surface area contributed by atoms with Gasteiger partial charge in [0.15, 0.2) is 0 Å². The smallest absolute Gasteiger partial charge is 0.408 e. The molecule has 7 heteroatoms. The lowest BCUT2D eigenvalue weighted by Crippen LogP contribution is -2.28. The Hall–Kier alpha value is -3.32. The molecule has 1 heterocycles. The van der Waals surface area contributed by atoms with Crippen LogP contribution in [0.25, 0.3) is 0 Å². The lowest BCUT2D eigenvalue weighted by Gasteiger charge is -2.18. The second kappa shape index (κ2) is 9.93. The molecule has 0 saturated heterocycles. The van der Waals surface area contributed by atoms with Crippen molar-refractivity contribution in [2.24, 2.45) is 0 Å². The van der Waals surface area contributed by atoms with Crippen LogP contribution in [0.15, 0.2) is 78.0 Å². The number of nitrogens with zero attached hydrogens (tertiary/aromatic N) is 1. The van der Waals surface area contributed by atoms with E-state index in [1.54, 1.807) is 55.7 Å². The zero-order valence-corrected chi connectivity index (χ0v) is 17.6. The number of alkyl carbamates (subject to hydrolysis) is 1. The molecule has 0 unspecified atom stereocenters. The fourth-order valence-corrected chi connectivity index (χ4v) is 3.05. The molecule has 2 amide bonds. The predicted molar refractivity (Wildman–Crippen MR) is 119 cm³/mol. The summed E-state index contributed by atoms with van der Waals surface area (Å²) >= 11 is 4.33. The second-order valence-electron chi connectivity index (χ2n) is 6.79. The number of hydrogen-bond acceptors (Lipinski definition) is 5. The standard InChI is InChI=1S/C23H23N3O3S/c1-15(19-6-5-13-24-14-19)25-23(28)29-16(2)17-9-11-18(12-10-17)22(27)26-20-7-3-4-8-21(20)30/h3-16,30H,1-2H3,(H,25,28)(H,26,27)/t15-,16-/m0/s1. The Labute approximate surface area is 181 Å². The Balaban J connectivity index is 1.56. The Kier molecular flexibility index (Phi) is 7.08. The minimum atomic E-state index is -0.522. The lowest BCUT2D eigenvalue weighted by atomic mass is 10.1. The van der Waals surface area contributed by atoms with E-state index in [4.69, 9.17) is 4.74 Å². The van der Waals surface area contributed by atoms with Crippen molar-refractivity contribution in [3.63, 3.8) is 0 Å². The van der Waals surface area contributed by atoms with E-state index in [-0.39, 0.29) is 11.9 Å². The summed E-state index contributed by atoms with van der Waals surface area (Å²) in [4.78, 5) is 29.4. The van der Waals surface area contributed by atoms with Gasteiger partial charge in [0.25, 0.3) is 5.91 Å². The number of amides is 2. The second-order valence-corrected chi connectivity index (χ2v) is 7.28. The number of anilines is 1. The number of benzene rings is 2. The van der Waals surface area contributed by atoms with Crippen LogP contribution in [0, 0.1) is 0 Å². The number of carbonyl (C=O) groups excluding carboxylic acids is 2. The Morgan fingerprint density at radius 1 is 0.967 bits per heavy atom. The Morgan fingerprint density at radius 3 is 2.37 bits per heavy atom. The fraction of sp³-hybridized carbons (Fsp3) is 0.174. The van der Waals surface area contributed by atoms with Gasteiger partial charge in [0, 0.05) is 22.9 Å². The van der Waals surface area contributed by atoms with E-state index >= 15 is 0 Å². The molecule has 154 valence electrons. The molecular formula is C23H23N3O3S. The molecule has 2 aromatic carbocycles. The molecule has 2 N–H and O–H groups in total. The summed E-state index contributed by atoms with van der Waals surface area (Å²) in [7, 11) is 0. The van der Waals surface area contributed by atoms with Crippen molar-refractivity contribution in [1.82, 2.24) is 10.3 Å². The highest BCUT2D eigenvalue weighted by atomic mass is 32.1. The van der Waals surface area contributed by atoms with Gasteiger partial charge in [0.2, 0.25) is 0 Å². The first-order valence-corrected chi connectivity index (χ1v) is 9.95. The van der Waals surface area contributed by atoms with E-state index in [0.717, 1.165) is 11.1 Å². The molecule has 0 radical (unpaired) electrons. The van der Waals surface area contributed by atoms with Gasteiger partial charge in [-0.05, 0) is 55.3 Å². The quantitative estimate of drug-likeness (QED) is 0.480. The highest BCUT2D eigenvalue weighted by Gasteiger charge is 2.16. The summed E-state index contributed by atoms with van der Waals surface area (Å²) in [6, 6.07) is 17.7. The van der Waals surface area contributed by atoms with Crippen molar-refractivity contribution in [2.75, 3.05) is 5.32 Å². The third-order valence-corrected chi connectivity index (χ3v) is 4.99. The number of thiol groups is 1. The first kappa shape index (κ1) is 21.4. The molecule has 0 spiro atoms. The highest BCUT2D eigenvalue weighted by Crippen LogP contribution is 2.21. The Morgan fingerprint density at radius 2 is 1.70 bits per heavy atom. The normalized spacial score (nSPS) is 12.5. The van der Waals surface area contributed by atoms with Crippen molar-refractivity contribution in [3.8, 4) is 0 Å². The van der Waals surface area contributed by atoms with Gasteiger partial charge in [-0.1, -0.05) is 30.3 Å².